The van der Waals surface area contributed by atoms with Crippen molar-refractivity contribution < 1.29 is 15.0 Å². The van der Waals surface area contributed by atoms with Gasteiger partial charge in [-0.2, -0.15) is 0 Å². The van der Waals surface area contributed by atoms with Crippen LogP contribution in [-0.2, 0) is 0 Å². The van der Waals surface area contributed by atoms with E-state index in [4.69, 9.17) is 0 Å². The van der Waals surface area contributed by atoms with Crippen LogP contribution in [0.5, 0.6) is 0 Å². The molecule has 0 unspecified atom stereocenters. The van der Waals surface area contributed by atoms with Crippen LogP contribution in [0.4, 0.5) is 10.6 Å². The lowest BCUT2D eigenvalue weighted by Gasteiger charge is -2.22. The van der Waals surface area contributed by atoms with Gasteiger partial charge in [-0.15, -0.1) is 5.10 Å². The number of urea groups is 1. The van der Waals surface area contributed by atoms with E-state index in [-0.39, 0.29) is 25.2 Å². The fraction of sp³-hybridized carbons (Fsp3) is 0.385. The molecule has 0 aliphatic carbocycles. The smallest absolute Gasteiger partial charge is 0.323 e. The average molecular weight is 276 g/mol. The number of aromatic nitrogens is 2. The van der Waals surface area contributed by atoms with Crippen LogP contribution in [0.1, 0.15) is 6.42 Å². The fourth-order valence-electron chi connectivity index (χ4n) is 2.49. The number of hydrogen-bond donors (Lipinski definition) is 3. The molecular weight excluding hydrogens is 260 g/mol. The van der Waals surface area contributed by atoms with Crippen molar-refractivity contribution in [3.05, 3.63) is 30.5 Å². The molecule has 3 heterocycles. The Kier molecular flexibility index (Phi) is 3.29. The minimum absolute atomic E-state index is 0.157. The van der Waals surface area contributed by atoms with Crippen LogP contribution in [0, 0.1) is 0 Å². The Labute approximate surface area is 115 Å². The minimum atomic E-state index is -0.584. The van der Waals surface area contributed by atoms with Crippen LogP contribution in [0.3, 0.4) is 0 Å². The van der Waals surface area contributed by atoms with Crippen molar-refractivity contribution in [3.63, 3.8) is 0 Å². The standard InChI is InChI=1S/C13H16N4O3/c18-8-10-5-11(19)7-16(10)13(20)14-12-6-9-3-1-2-4-17(9)15-12/h1-4,6,10-11,18-19H,5,7-8H2,(H,14,15,20)/t10-,11-/m0/s1. The number of carbonyl (C=O) groups is 1. The van der Waals surface area contributed by atoms with Gasteiger partial charge in [0.05, 0.1) is 24.3 Å². The summed E-state index contributed by atoms with van der Waals surface area (Å²) in [6.45, 7) is 0.0695. The van der Waals surface area contributed by atoms with Gasteiger partial charge >= 0.3 is 6.03 Å². The number of nitrogens with zero attached hydrogens (tertiary/aromatic N) is 3. The monoisotopic (exact) mass is 276 g/mol. The molecule has 1 fully saturated rings. The zero-order valence-electron chi connectivity index (χ0n) is 10.8. The van der Waals surface area contributed by atoms with Crippen LogP contribution in [0.2, 0.25) is 0 Å². The molecule has 20 heavy (non-hydrogen) atoms. The van der Waals surface area contributed by atoms with Gasteiger partial charge in [0.2, 0.25) is 0 Å². The van der Waals surface area contributed by atoms with Crippen LogP contribution in [0.25, 0.3) is 5.52 Å². The SMILES string of the molecule is O=C(Nc1cc2ccccn2n1)N1C[C@@H](O)C[C@H]1CO. The third-order valence-corrected chi connectivity index (χ3v) is 3.47. The fourth-order valence-corrected chi connectivity index (χ4v) is 2.49. The second-order valence-electron chi connectivity index (χ2n) is 4.91. The molecule has 3 rings (SSSR count). The average Bonchev–Trinajstić information content (AvgIpc) is 3.00. The van der Waals surface area contributed by atoms with Crippen molar-refractivity contribution in [2.45, 2.75) is 18.6 Å². The number of hydrogen-bond acceptors (Lipinski definition) is 4. The minimum Gasteiger partial charge on any atom is -0.394 e. The van der Waals surface area contributed by atoms with Crippen LogP contribution < -0.4 is 5.32 Å². The van der Waals surface area contributed by atoms with E-state index in [1.807, 2.05) is 18.2 Å². The van der Waals surface area contributed by atoms with Crippen molar-refractivity contribution in [2.24, 2.45) is 0 Å². The summed E-state index contributed by atoms with van der Waals surface area (Å²) < 4.78 is 1.66. The van der Waals surface area contributed by atoms with Crippen LogP contribution in [0.15, 0.2) is 30.5 Å². The number of carbonyl (C=O) groups excluding carboxylic acids is 1. The number of anilines is 1. The predicted molar refractivity (Wildman–Crippen MR) is 72.4 cm³/mol. The molecule has 7 nitrogen and oxygen atoms in total. The summed E-state index contributed by atoms with van der Waals surface area (Å²) >= 11 is 0. The van der Waals surface area contributed by atoms with E-state index in [1.165, 1.54) is 4.90 Å². The van der Waals surface area contributed by atoms with E-state index in [0.29, 0.717) is 12.2 Å². The molecule has 0 bridgehead atoms. The molecular formula is C13H16N4O3. The largest absolute Gasteiger partial charge is 0.394 e. The first-order valence-corrected chi connectivity index (χ1v) is 6.48. The quantitative estimate of drug-likeness (QED) is 0.735. The highest BCUT2D eigenvalue weighted by Gasteiger charge is 2.34. The highest BCUT2D eigenvalue weighted by molar-refractivity contribution is 5.89. The first-order chi connectivity index (χ1) is 9.67. The van der Waals surface area contributed by atoms with Gasteiger partial charge in [0.25, 0.3) is 0 Å². The first kappa shape index (κ1) is 12.9. The Hall–Kier alpha value is -2.12. The summed E-state index contributed by atoms with van der Waals surface area (Å²) in [5.41, 5.74) is 0.878. The zero-order valence-corrected chi connectivity index (χ0v) is 10.8. The van der Waals surface area contributed by atoms with E-state index in [2.05, 4.69) is 10.4 Å². The molecule has 2 aromatic rings. The van der Waals surface area contributed by atoms with Gasteiger partial charge < -0.3 is 15.1 Å². The number of β-amino-alcohol motifs (C(OH)–C–C–N with tert-alkyl or cyclic N) is 1. The number of pyridine rings is 1. The molecule has 1 aliphatic rings. The number of amides is 2. The van der Waals surface area contributed by atoms with Crippen molar-refractivity contribution in [3.8, 4) is 0 Å². The van der Waals surface area contributed by atoms with Crippen LogP contribution in [-0.4, -0.2) is 56.1 Å². The van der Waals surface area contributed by atoms with Gasteiger partial charge in [-0.3, -0.25) is 5.32 Å². The lowest BCUT2D eigenvalue weighted by Crippen LogP contribution is -2.40. The summed E-state index contributed by atoms with van der Waals surface area (Å²) in [6, 6.07) is 6.69. The Morgan fingerprint density at radius 1 is 1.50 bits per heavy atom. The molecule has 1 saturated heterocycles. The molecule has 0 saturated carbocycles. The molecule has 2 atom stereocenters. The highest BCUT2D eigenvalue weighted by Crippen LogP contribution is 2.19. The Balaban J connectivity index is 1.75. The molecule has 106 valence electrons. The number of rotatable bonds is 2. The molecule has 7 heteroatoms. The number of aliphatic hydroxyl groups is 2. The zero-order chi connectivity index (χ0) is 14.1. The highest BCUT2D eigenvalue weighted by atomic mass is 16.3. The van der Waals surface area contributed by atoms with Crippen LogP contribution >= 0.6 is 0 Å². The maximum Gasteiger partial charge on any atom is 0.323 e. The Bertz CT molecular complexity index is 594. The van der Waals surface area contributed by atoms with E-state index in [0.717, 1.165) is 5.52 Å². The lowest BCUT2D eigenvalue weighted by molar-refractivity contribution is 0.164. The van der Waals surface area contributed by atoms with Crippen molar-refractivity contribution in [2.75, 3.05) is 18.5 Å². The molecule has 0 aromatic carbocycles. The predicted octanol–water partition coefficient (Wildman–Crippen LogP) is 0.294. The van der Waals surface area contributed by atoms with E-state index >= 15 is 0 Å². The maximum atomic E-state index is 12.1. The summed E-state index contributed by atoms with van der Waals surface area (Å²) in [6.07, 6.45) is 1.61. The number of aliphatic hydroxyl groups excluding tert-OH is 2. The van der Waals surface area contributed by atoms with Gasteiger partial charge in [0, 0.05) is 18.8 Å². The van der Waals surface area contributed by atoms with Gasteiger partial charge in [0.1, 0.15) is 0 Å². The Morgan fingerprint density at radius 2 is 2.35 bits per heavy atom. The molecule has 0 spiro atoms. The second-order valence-corrected chi connectivity index (χ2v) is 4.91. The topological polar surface area (TPSA) is 90.1 Å². The van der Waals surface area contributed by atoms with Crippen molar-refractivity contribution >= 4 is 17.4 Å². The van der Waals surface area contributed by atoms with Gasteiger partial charge in [0.15, 0.2) is 5.82 Å². The second kappa shape index (κ2) is 5.10. The first-order valence-electron chi connectivity index (χ1n) is 6.48. The summed E-state index contributed by atoms with van der Waals surface area (Å²) in [5.74, 6) is 0.444. The van der Waals surface area contributed by atoms with Gasteiger partial charge in [-0.05, 0) is 18.6 Å². The summed E-state index contributed by atoms with van der Waals surface area (Å²) in [5, 5.41) is 25.7. The van der Waals surface area contributed by atoms with Crippen molar-refractivity contribution in [1.82, 2.24) is 14.5 Å². The Morgan fingerprint density at radius 3 is 3.10 bits per heavy atom. The number of nitrogens with one attached hydrogen (secondary N) is 1. The lowest BCUT2D eigenvalue weighted by atomic mass is 10.2. The molecule has 2 amide bonds. The normalized spacial score (nSPS) is 22.4. The maximum absolute atomic E-state index is 12.1. The molecule has 1 aliphatic heterocycles. The summed E-state index contributed by atoms with van der Waals surface area (Å²) in [7, 11) is 0. The third kappa shape index (κ3) is 2.33. The summed E-state index contributed by atoms with van der Waals surface area (Å²) in [4.78, 5) is 13.6. The molecule has 0 radical (unpaired) electrons. The van der Waals surface area contributed by atoms with E-state index < -0.39 is 6.10 Å². The number of fused-ring (bicyclic) bond motifs is 1. The van der Waals surface area contributed by atoms with Gasteiger partial charge in [-0.25, -0.2) is 9.31 Å². The van der Waals surface area contributed by atoms with Crippen molar-refractivity contribution in [1.29, 1.82) is 0 Å². The van der Waals surface area contributed by atoms with E-state index in [9.17, 15) is 15.0 Å². The van der Waals surface area contributed by atoms with E-state index in [1.54, 1.807) is 16.8 Å². The van der Waals surface area contributed by atoms with Gasteiger partial charge in [-0.1, -0.05) is 6.07 Å². The third-order valence-electron chi connectivity index (χ3n) is 3.47. The molecule has 3 N–H and O–H groups in total. The molecule has 2 aromatic heterocycles. The number of likely N-dealkylation sites (tertiary alicyclic amines) is 1.